The van der Waals surface area contributed by atoms with Crippen molar-refractivity contribution >= 4 is 6.03 Å². The number of carbonyl (C=O) groups excluding carboxylic acids is 1. The van der Waals surface area contributed by atoms with Crippen molar-refractivity contribution in [2.75, 3.05) is 42.3 Å². The molecule has 1 aliphatic carbocycles. The van der Waals surface area contributed by atoms with Gasteiger partial charge in [0, 0.05) is 39.9 Å². The average Bonchev–Trinajstić information content (AvgIpc) is 2.59. The highest BCUT2D eigenvalue weighted by molar-refractivity contribution is 5.77. The minimum absolute atomic E-state index is 0.0116. The normalized spacial score (nSPS) is 21.0. The molecule has 25 heavy (non-hydrogen) atoms. The van der Waals surface area contributed by atoms with E-state index in [9.17, 15) is 4.79 Å². The van der Waals surface area contributed by atoms with Gasteiger partial charge in [-0.2, -0.15) is 0 Å². The molecule has 5 heteroatoms. The van der Waals surface area contributed by atoms with Crippen LogP contribution in [0.25, 0.3) is 0 Å². The highest BCUT2D eigenvalue weighted by Gasteiger charge is 2.32. The van der Waals surface area contributed by atoms with Gasteiger partial charge >= 0.3 is 6.03 Å². The van der Waals surface area contributed by atoms with Gasteiger partial charge in [0.2, 0.25) is 0 Å². The van der Waals surface area contributed by atoms with Gasteiger partial charge in [-0.15, -0.1) is 0 Å². The average molecular weight is 349 g/mol. The van der Waals surface area contributed by atoms with Crippen LogP contribution in [-0.4, -0.2) is 80.0 Å². The number of hydrogen-bond donors (Lipinski definition) is 0. The molecule has 1 aliphatic rings. The van der Waals surface area contributed by atoms with Crippen LogP contribution in [0, 0.1) is 0 Å². The van der Waals surface area contributed by atoms with Crippen LogP contribution < -0.4 is 0 Å². The molecular formula is C20H36N4O. The van der Waals surface area contributed by atoms with E-state index in [4.69, 9.17) is 0 Å². The Hall–Kier alpha value is -1.75. The van der Waals surface area contributed by atoms with Gasteiger partial charge in [-0.3, -0.25) is 4.90 Å². The molecule has 1 rings (SSSR count). The number of allylic oxidation sites excluding steroid dienone is 2. The Kier molecular flexibility index (Phi) is 8.23. The number of likely N-dealkylation sites (N-methyl/N-ethyl adjacent to an activating group) is 3. The van der Waals surface area contributed by atoms with Gasteiger partial charge in [0.15, 0.2) is 0 Å². The van der Waals surface area contributed by atoms with Gasteiger partial charge in [-0.25, -0.2) is 4.79 Å². The summed E-state index contributed by atoms with van der Waals surface area (Å²) in [6, 6.07) is 0.528. The molecule has 2 unspecified atom stereocenters. The van der Waals surface area contributed by atoms with Gasteiger partial charge in [-0.1, -0.05) is 32.1 Å². The third-order valence-electron chi connectivity index (χ3n) is 4.99. The van der Waals surface area contributed by atoms with Crippen molar-refractivity contribution < 1.29 is 4.79 Å². The fourth-order valence-corrected chi connectivity index (χ4v) is 3.50. The van der Waals surface area contributed by atoms with Crippen molar-refractivity contribution in [2.45, 2.75) is 44.7 Å². The molecule has 0 saturated heterocycles. The van der Waals surface area contributed by atoms with Crippen LogP contribution in [0.2, 0.25) is 0 Å². The van der Waals surface area contributed by atoms with Gasteiger partial charge < -0.3 is 14.7 Å². The lowest BCUT2D eigenvalue weighted by molar-refractivity contribution is 0.120. The van der Waals surface area contributed by atoms with Crippen LogP contribution in [0.1, 0.15) is 32.6 Å². The maximum atomic E-state index is 13.2. The first kappa shape index (κ1) is 21.3. The van der Waals surface area contributed by atoms with E-state index >= 15 is 0 Å². The first-order chi connectivity index (χ1) is 11.8. The summed E-state index contributed by atoms with van der Waals surface area (Å²) in [5, 5.41) is 0. The van der Waals surface area contributed by atoms with E-state index in [2.05, 4.69) is 49.5 Å². The van der Waals surface area contributed by atoms with Gasteiger partial charge in [0.25, 0.3) is 0 Å². The predicted octanol–water partition coefficient (Wildman–Crippen LogP) is 3.38. The number of nitrogens with zero attached hydrogens (tertiary/aromatic N) is 4. The molecule has 0 aromatic heterocycles. The van der Waals surface area contributed by atoms with Crippen LogP contribution in [0.4, 0.5) is 4.79 Å². The highest BCUT2D eigenvalue weighted by Crippen LogP contribution is 2.24. The van der Waals surface area contributed by atoms with E-state index in [0.29, 0.717) is 6.04 Å². The summed E-state index contributed by atoms with van der Waals surface area (Å²) in [4.78, 5) is 21.1. The zero-order valence-electron chi connectivity index (χ0n) is 17.1. The van der Waals surface area contributed by atoms with Crippen LogP contribution >= 0.6 is 0 Å². The van der Waals surface area contributed by atoms with Gasteiger partial charge in [0.1, 0.15) is 0 Å². The SMILES string of the molecule is C=C/C(=C(\CCC)N(C)C)N(C)C(=O)N(C)C1CC=CCC1N(C)C. The van der Waals surface area contributed by atoms with Crippen LogP contribution in [0.15, 0.2) is 36.2 Å². The standard InChI is InChI=1S/C20H36N4O/c1-9-13-17(21(3)4)16(10-2)23(7)20(25)24(8)19-15-12-11-14-18(19)22(5)6/h10-12,18-19H,2,9,13-15H2,1,3-8H3/b17-16-. The molecule has 0 radical (unpaired) electrons. The second kappa shape index (κ2) is 9.66. The minimum Gasteiger partial charge on any atom is -0.379 e. The lowest BCUT2D eigenvalue weighted by atomic mass is 9.94. The molecule has 0 N–H and O–H groups in total. The molecule has 0 aromatic rings. The number of rotatable bonds is 7. The first-order valence-corrected chi connectivity index (χ1v) is 9.11. The molecule has 0 bridgehead atoms. The number of amides is 2. The number of urea groups is 1. The third kappa shape index (κ3) is 5.11. The molecule has 2 amide bonds. The molecule has 0 aliphatic heterocycles. The largest absolute Gasteiger partial charge is 0.379 e. The lowest BCUT2D eigenvalue weighted by Gasteiger charge is -2.41. The van der Waals surface area contributed by atoms with Crippen molar-refractivity contribution in [1.82, 2.24) is 19.6 Å². The molecular weight excluding hydrogens is 312 g/mol. The predicted molar refractivity (Wildman–Crippen MR) is 106 cm³/mol. The zero-order valence-corrected chi connectivity index (χ0v) is 17.1. The van der Waals surface area contributed by atoms with Gasteiger partial charge in [-0.05, 0) is 39.4 Å². The molecule has 5 nitrogen and oxygen atoms in total. The Labute approximate surface area is 154 Å². The summed E-state index contributed by atoms with van der Waals surface area (Å²) in [6.07, 6.45) is 10.00. The van der Waals surface area contributed by atoms with E-state index in [1.807, 2.05) is 33.1 Å². The molecule has 0 spiro atoms. The van der Waals surface area contributed by atoms with Crippen LogP contribution in [0.3, 0.4) is 0 Å². The van der Waals surface area contributed by atoms with Crippen LogP contribution in [-0.2, 0) is 0 Å². The summed E-state index contributed by atoms with van der Waals surface area (Å²) in [5.41, 5.74) is 2.02. The van der Waals surface area contributed by atoms with E-state index in [0.717, 1.165) is 37.1 Å². The Morgan fingerprint density at radius 1 is 1.08 bits per heavy atom. The quantitative estimate of drug-likeness (QED) is 0.522. The lowest BCUT2D eigenvalue weighted by Crippen LogP contribution is -2.53. The Morgan fingerprint density at radius 2 is 1.64 bits per heavy atom. The Morgan fingerprint density at radius 3 is 2.08 bits per heavy atom. The fourth-order valence-electron chi connectivity index (χ4n) is 3.50. The maximum absolute atomic E-state index is 13.2. The molecule has 0 aromatic carbocycles. The molecule has 142 valence electrons. The Balaban J connectivity index is 3.08. The van der Waals surface area contributed by atoms with Crippen molar-refractivity contribution in [2.24, 2.45) is 0 Å². The van der Waals surface area contributed by atoms with Crippen molar-refractivity contribution in [3.05, 3.63) is 36.2 Å². The topological polar surface area (TPSA) is 30.0 Å². The van der Waals surface area contributed by atoms with E-state index in [-0.39, 0.29) is 12.1 Å². The van der Waals surface area contributed by atoms with Gasteiger partial charge in [0.05, 0.1) is 11.7 Å². The first-order valence-electron chi connectivity index (χ1n) is 9.11. The smallest absolute Gasteiger partial charge is 0.324 e. The molecule has 2 atom stereocenters. The van der Waals surface area contributed by atoms with E-state index < -0.39 is 0 Å². The van der Waals surface area contributed by atoms with Crippen LogP contribution in [0.5, 0.6) is 0 Å². The summed E-state index contributed by atoms with van der Waals surface area (Å²) >= 11 is 0. The third-order valence-corrected chi connectivity index (χ3v) is 4.99. The Bertz CT molecular complexity index is 522. The fraction of sp³-hybridized carbons (Fsp3) is 0.650. The summed E-state index contributed by atoms with van der Waals surface area (Å²) in [7, 11) is 12.0. The second-order valence-corrected chi connectivity index (χ2v) is 7.17. The number of carbonyl (C=O) groups is 1. The highest BCUT2D eigenvalue weighted by atomic mass is 16.2. The summed E-state index contributed by atoms with van der Waals surface area (Å²) < 4.78 is 0. The molecule has 0 heterocycles. The van der Waals surface area contributed by atoms with Crippen molar-refractivity contribution in [1.29, 1.82) is 0 Å². The van der Waals surface area contributed by atoms with Crippen molar-refractivity contribution in [3.63, 3.8) is 0 Å². The summed E-state index contributed by atoms with van der Waals surface area (Å²) in [5.74, 6) is 0. The summed E-state index contributed by atoms with van der Waals surface area (Å²) in [6.45, 7) is 6.10. The number of hydrogen-bond acceptors (Lipinski definition) is 3. The maximum Gasteiger partial charge on any atom is 0.324 e. The van der Waals surface area contributed by atoms with E-state index in [1.165, 1.54) is 0 Å². The monoisotopic (exact) mass is 348 g/mol. The minimum atomic E-state index is 0.0116. The second-order valence-electron chi connectivity index (χ2n) is 7.17. The zero-order chi connectivity index (χ0) is 19.1. The molecule has 0 fully saturated rings. The van der Waals surface area contributed by atoms with E-state index in [1.54, 1.807) is 11.0 Å². The van der Waals surface area contributed by atoms with Crippen molar-refractivity contribution in [3.8, 4) is 0 Å². The molecule has 0 saturated carbocycles.